The van der Waals surface area contributed by atoms with Crippen LogP contribution in [0.5, 0.6) is 0 Å². The van der Waals surface area contributed by atoms with E-state index in [4.69, 9.17) is 15.2 Å². The standard InChI is InChI=1S/2C15H26NSi.C2H3N.Ni/c2*1-11(2)13-9-8-10-14(12(3)4)15(13)16-17(5,6)7;1-2-3;/h2*8-12H,1-7H3;1H3;/q2*-1;;+2. The molecule has 0 aromatic heterocycles. The molecule has 2 aromatic carbocycles. The minimum Gasteiger partial charge on any atom is -0.687 e. The van der Waals surface area contributed by atoms with Crippen molar-refractivity contribution in [2.45, 2.75) is 125 Å². The molecule has 6 heteroatoms. The Morgan fingerprint density at radius 3 is 0.868 bits per heavy atom. The maximum atomic E-state index is 7.32. The zero-order chi connectivity index (χ0) is 29.1. The van der Waals surface area contributed by atoms with Gasteiger partial charge in [-0.1, -0.05) is 153 Å². The van der Waals surface area contributed by atoms with Crippen molar-refractivity contribution in [3.05, 3.63) is 68.6 Å². The van der Waals surface area contributed by atoms with Gasteiger partial charge < -0.3 is 9.96 Å². The van der Waals surface area contributed by atoms with E-state index in [9.17, 15) is 0 Å². The molecule has 2 aromatic rings. The van der Waals surface area contributed by atoms with Crippen LogP contribution in [0.1, 0.15) is 108 Å². The summed E-state index contributed by atoms with van der Waals surface area (Å²) in [4.78, 5) is 10.1. The van der Waals surface area contributed by atoms with Gasteiger partial charge in [0.05, 0.1) is 6.07 Å². The third-order valence-corrected chi connectivity index (χ3v) is 7.37. The maximum absolute atomic E-state index is 7.32. The van der Waals surface area contributed by atoms with Gasteiger partial charge in [-0.15, -0.1) is 11.4 Å². The molecule has 216 valence electrons. The molecule has 38 heavy (non-hydrogen) atoms. The minimum atomic E-state index is -1.43. The fourth-order valence-corrected chi connectivity index (χ4v) is 5.81. The Bertz CT molecular complexity index is 867. The van der Waals surface area contributed by atoms with Gasteiger partial charge in [0, 0.05) is 6.92 Å². The predicted octanol–water partition coefficient (Wildman–Crippen LogP) is 12.1. The van der Waals surface area contributed by atoms with Crippen molar-refractivity contribution >= 4 is 27.8 Å². The zero-order valence-electron chi connectivity index (χ0n) is 26.9. The van der Waals surface area contributed by atoms with Crippen LogP contribution in [0.3, 0.4) is 0 Å². The van der Waals surface area contributed by atoms with Gasteiger partial charge in [0.25, 0.3) is 0 Å². The molecule has 0 bridgehead atoms. The fraction of sp³-hybridized carbons (Fsp3) is 0.594. The Labute approximate surface area is 248 Å². The summed E-state index contributed by atoms with van der Waals surface area (Å²) in [6, 6.07) is 15.0. The molecule has 0 N–H and O–H groups in total. The van der Waals surface area contributed by atoms with E-state index in [1.165, 1.54) is 40.6 Å². The third kappa shape index (κ3) is 14.0. The van der Waals surface area contributed by atoms with E-state index in [0.717, 1.165) is 0 Å². The largest absolute Gasteiger partial charge is 2.00 e. The van der Waals surface area contributed by atoms with Crippen molar-refractivity contribution in [2.24, 2.45) is 0 Å². The molecular weight excluding hydrogens is 541 g/mol. The molecule has 0 aliphatic heterocycles. The molecule has 3 nitrogen and oxygen atoms in total. The second-order valence-electron chi connectivity index (χ2n) is 13.0. The van der Waals surface area contributed by atoms with Crippen LogP contribution in [-0.2, 0) is 16.5 Å². The van der Waals surface area contributed by atoms with Crippen molar-refractivity contribution in [3.63, 3.8) is 0 Å². The Morgan fingerprint density at radius 2 is 0.737 bits per heavy atom. The van der Waals surface area contributed by atoms with E-state index in [0.29, 0.717) is 23.7 Å². The average molecular weight is 597 g/mol. The van der Waals surface area contributed by atoms with Crippen LogP contribution in [0.15, 0.2) is 36.4 Å². The Morgan fingerprint density at radius 1 is 0.553 bits per heavy atom. The van der Waals surface area contributed by atoms with E-state index in [-0.39, 0.29) is 16.5 Å². The molecule has 0 aliphatic carbocycles. The van der Waals surface area contributed by atoms with Gasteiger partial charge in [-0.25, -0.2) is 0 Å². The molecular formula is C32H55N3NiSi2. The molecule has 0 unspecified atom stereocenters. The van der Waals surface area contributed by atoms with E-state index in [2.05, 4.69) is 131 Å². The molecule has 0 fully saturated rings. The second-order valence-corrected chi connectivity index (χ2v) is 22.1. The summed E-state index contributed by atoms with van der Waals surface area (Å²) in [5.41, 5.74) is 8.16. The van der Waals surface area contributed by atoms with E-state index in [1.807, 2.05) is 0 Å². The summed E-state index contributed by atoms with van der Waals surface area (Å²) >= 11 is 0. The van der Waals surface area contributed by atoms with Crippen LogP contribution in [0, 0.1) is 11.3 Å². The summed E-state index contributed by atoms with van der Waals surface area (Å²) < 4.78 is 0. The molecule has 2 rings (SSSR count). The number of nitriles is 1. The van der Waals surface area contributed by atoms with Gasteiger partial charge in [-0.05, 0) is 40.1 Å². The van der Waals surface area contributed by atoms with Crippen molar-refractivity contribution in [1.29, 1.82) is 5.26 Å². The topological polar surface area (TPSA) is 52.0 Å². The van der Waals surface area contributed by atoms with Crippen LogP contribution in [0.4, 0.5) is 11.4 Å². The fourth-order valence-electron chi connectivity index (χ4n) is 3.95. The first kappa shape index (κ1) is 38.6. The number of rotatable bonds is 8. The van der Waals surface area contributed by atoms with Gasteiger partial charge in [0.1, 0.15) is 0 Å². The monoisotopic (exact) mass is 595 g/mol. The number of nitrogens with zero attached hydrogens (tertiary/aromatic N) is 3. The van der Waals surface area contributed by atoms with E-state index in [1.54, 1.807) is 6.07 Å². The maximum Gasteiger partial charge on any atom is 2.00 e. The van der Waals surface area contributed by atoms with Crippen molar-refractivity contribution in [1.82, 2.24) is 0 Å². The van der Waals surface area contributed by atoms with Crippen molar-refractivity contribution < 1.29 is 16.5 Å². The molecule has 0 saturated heterocycles. The van der Waals surface area contributed by atoms with Gasteiger partial charge in [-0.3, -0.25) is 0 Å². The van der Waals surface area contributed by atoms with Gasteiger partial charge in [0.15, 0.2) is 0 Å². The smallest absolute Gasteiger partial charge is 0.687 e. The molecule has 0 saturated carbocycles. The first-order valence-electron chi connectivity index (χ1n) is 13.9. The second kappa shape index (κ2) is 17.2. The first-order valence-corrected chi connectivity index (χ1v) is 20.8. The summed E-state index contributed by atoms with van der Waals surface area (Å²) in [6.07, 6.45) is 0. The van der Waals surface area contributed by atoms with E-state index >= 15 is 0 Å². The Kier molecular flexibility index (Phi) is 17.5. The molecule has 0 spiro atoms. The minimum absolute atomic E-state index is 0. The number of hydrogen-bond acceptors (Lipinski definition) is 1. The molecule has 0 heterocycles. The third-order valence-electron chi connectivity index (χ3n) is 5.58. The van der Waals surface area contributed by atoms with Crippen molar-refractivity contribution in [3.8, 4) is 6.07 Å². The number of benzene rings is 2. The normalized spacial score (nSPS) is 11.2. The first-order chi connectivity index (χ1) is 16.9. The number of hydrogen-bond donors (Lipinski definition) is 0. The average Bonchev–Trinajstić information content (AvgIpc) is 2.72. The van der Waals surface area contributed by atoms with Crippen LogP contribution >= 0.6 is 0 Å². The zero-order valence-corrected chi connectivity index (χ0v) is 29.9. The van der Waals surface area contributed by atoms with Gasteiger partial charge in [0.2, 0.25) is 0 Å². The molecule has 0 atom stereocenters. The summed E-state index contributed by atoms with van der Waals surface area (Å²) in [5.74, 6) is 2.18. The van der Waals surface area contributed by atoms with Crippen LogP contribution in [0.2, 0.25) is 39.3 Å². The van der Waals surface area contributed by atoms with Gasteiger partial charge in [-0.2, -0.15) is 5.26 Å². The summed E-state index contributed by atoms with van der Waals surface area (Å²) in [7, 11) is -2.86. The quantitative estimate of drug-likeness (QED) is 0.280. The Balaban J connectivity index is 0. The van der Waals surface area contributed by atoms with Crippen LogP contribution in [-0.4, -0.2) is 16.5 Å². The van der Waals surface area contributed by atoms with Crippen molar-refractivity contribution in [2.75, 3.05) is 0 Å². The van der Waals surface area contributed by atoms with E-state index < -0.39 is 16.5 Å². The van der Waals surface area contributed by atoms with Gasteiger partial charge >= 0.3 is 16.5 Å². The molecule has 0 radical (unpaired) electrons. The van der Waals surface area contributed by atoms with Crippen LogP contribution in [0.25, 0.3) is 9.96 Å². The molecule has 0 aliphatic rings. The summed E-state index contributed by atoms with van der Waals surface area (Å²) in [5, 5.41) is 7.32. The van der Waals surface area contributed by atoms with Crippen LogP contribution < -0.4 is 0 Å². The predicted molar refractivity (Wildman–Crippen MR) is 173 cm³/mol. The Hall–Kier alpha value is -1.54. The molecule has 0 amide bonds. The summed E-state index contributed by atoms with van der Waals surface area (Å²) in [6.45, 7) is 33.3. The SMILES string of the molecule is CC#N.CC(C)c1cccc(C(C)C)c1[N-][Si](C)(C)C.CC(C)c1cccc(C(C)C)c1[N-][Si](C)(C)C.[Ni+2].